The molecule has 2 aromatic rings. The zero-order valence-electron chi connectivity index (χ0n) is 15.1. The molecule has 3 aliphatic rings. The van der Waals surface area contributed by atoms with Gasteiger partial charge in [-0.2, -0.15) is 14.0 Å². The monoisotopic (exact) mass is 398 g/mol. The van der Waals surface area contributed by atoms with Crippen LogP contribution in [-0.4, -0.2) is 23.0 Å². The van der Waals surface area contributed by atoms with E-state index in [1.807, 2.05) is 6.07 Å². The number of ketones is 1. The Labute approximate surface area is 164 Å². The third-order valence-corrected chi connectivity index (χ3v) is 5.37. The molecule has 1 saturated carbocycles. The van der Waals surface area contributed by atoms with Crippen molar-refractivity contribution in [2.45, 2.75) is 31.3 Å². The first-order valence-corrected chi connectivity index (χ1v) is 9.04. The number of fused-ring (bicyclic) bond motifs is 1. The molecule has 2 bridgehead atoms. The fraction of sp³-hybridized carbons (Fsp3) is 0.286. The minimum Gasteiger partial charge on any atom is -0.481 e. The number of alkyl halides is 2. The van der Waals surface area contributed by atoms with E-state index in [0.717, 1.165) is 5.56 Å². The van der Waals surface area contributed by atoms with Crippen molar-refractivity contribution < 1.29 is 28.2 Å². The molecule has 2 aliphatic heterocycles. The second-order valence-corrected chi connectivity index (χ2v) is 7.24. The first-order chi connectivity index (χ1) is 13.8. The summed E-state index contributed by atoms with van der Waals surface area (Å²) in [4.78, 5) is 23.3. The van der Waals surface area contributed by atoms with Gasteiger partial charge in [-0.3, -0.25) is 9.59 Å². The Morgan fingerprint density at radius 2 is 2.03 bits per heavy atom. The van der Waals surface area contributed by atoms with Crippen molar-refractivity contribution in [2.24, 2.45) is 5.92 Å². The summed E-state index contributed by atoms with van der Waals surface area (Å²) in [6.07, 6.45) is -3.24. The molecule has 8 heteroatoms. The fourth-order valence-electron chi connectivity index (χ4n) is 3.85. The lowest BCUT2D eigenvalue weighted by molar-refractivity contribution is -0.228. The Balaban J connectivity index is 1.69. The van der Waals surface area contributed by atoms with Gasteiger partial charge in [0.1, 0.15) is 12.2 Å². The highest BCUT2D eigenvalue weighted by atomic mass is 19.3. The molecule has 0 spiro atoms. The largest absolute Gasteiger partial charge is 0.481 e. The Kier molecular flexibility index (Phi) is 4.46. The smallest absolute Gasteiger partial charge is 0.400 e. The lowest BCUT2D eigenvalue weighted by Crippen LogP contribution is -2.39. The molecule has 0 unspecified atom stereocenters. The number of carbonyl (C=O) groups is 2. The molecule has 2 N–H and O–H groups in total. The summed E-state index contributed by atoms with van der Waals surface area (Å²) in [7, 11) is 0. The number of rotatable bonds is 5. The third-order valence-electron chi connectivity index (χ3n) is 5.37. The van der Waals surface area contributed by atoms with Gasteiger partial charge in [-0.15, -0.1) is 0 Å². The number of hydrogen-bond acceptors (Lipinski definition) is 5. The van der Waals surface area contributed by atoms with Crippen LogP contribution in [0.5, 0.6) is 5.75 Å². The van der Waals surface area contributed by atoms with Crippen LogP contribution in [0.25, 0.3) is 0 Å². The van der Waals surface area contributed by atoms with E-state index in [9.17, 15) is 23.6 Å². The van der Waals surface area contributed by atoms with Gasteiger partial charge in [0.15, 0.2) is 5.78 Å². The quantitative estimate of drug-likeness (QED) is 0.571. The number of anilines is 2. The number of carboxylic acids is 1. The average molecular weight is 398 g/mol. The minimum atomic E-state index is -3.23. The van der Waals surface area contributed by atoms with Gasteiger partial charge in [0.25, 0.3) is 0 Å². The molecule has 0 radical (unpaired) electrons. The van der Waals surface area contributed by atoms with Gasteiger partial charge in [-0.25, -0.2) is 0 Å². The topological polar surface area (TPSA) is 99.4 Å². The van der Waals surface area contributed by atoms with Crippen LogP contribution in [0.1, 0.15) is 46.7 Å². The molecule has 1 fully saturated rings. The standard InChI is InChI=1S/C21H16F2N2O4/c22-21(23)13-6-12(7-13)15-5-4-14(8-18(15)29-21)25-16-3-1-2-11(10-24)20(16)17(26)9-19(27)28/h1-5,8,12-13,25H,6-7,9H2,(H,27,28). The molecule has 1 aliphatic carbocycles. The van der Waals surface area contributed by atoms with Gasteiger partial charge in [0, 0.05) is 11.8 Å². The summed E-state index contributed by atoms with van der Waals surface area (Å²) < 4.78 is 33.3. The van der Waals surface area contributed by atoms with Crippen LogP contribution in [-0.2, 0) is 4.79 Å². The Morgan fingerprint density at radius 1 is 1.28 bits per heavy atom. The maximum absolute atomic E-state index is 14.1. The van der Waals surface area contributed by atoms with Crippen molar-refractivity contribution in [1.29, 1.82) is 5.26 Å². The number of Topliss-reactive ketones (excluding diaryl/α,β-unsaturated/α-hetero) is 1. The fourth-order valence-corrected chi connectivity index (χ4v) is 3.85. The van der Waals surface area contributed by atoms with Gasteiger partial charge in [0.2, 0.25) is 0 Å². The number of aliphatic carboxylic acids is 1. The second kappa shape index (κ2) is 6.85. The van der Waals surface area contributed by atoms with Gasteiger partial charge in [-0.1, -0.05) is 12.1 Å². The van der Waals surface area contributed by atoms with Crippen molar-refractivity contribution in [3.8, 4) is 11.8 Å². The van der Waals surface area contributed by atoms with Crippen molar-refractivity contribution in [2.75, 3.05) is 5.32 Å². The van der Waals surface area contributed by atoms with Crippen LogP contribution in [0.2, 0.25) is 0 Å². The SMILES string of the molecule is N#Cc1cccc(Nc2ccc3c(c2)OC(F)(F)C2CC3C2)c1C(=O)CC(=O)O. The van der Waals surface area contributed by atoms with Crippen molar-refractivity contribution in [3.05, 3.63) is 53.1 Å². The number of nitrogens with zero attached hydrogens (tertiary/aromatic N) is 1. The molecule has 29 heavy (non-hydrogen) atoms. The van der Waals surface area contributed by atoms with E-state index in [0.29, 0.717) is 18.5 Å². The van der Waals surface area contributed by atoms with E-state index in [1.165, 1.54) is 18.2 Å². The molecule has 2 heterocycles. The molecule has 0 saturated heterocycles. The zero-order valence-corrected chi connectivity index (χ0v) is 15.1. The number of nitrogens with one attached hydrogen (secondary N) is 1. The maximum Gasteiger partial charge on any atom is 0.400 e. The predicted octanol–water partition coefficient (Wildman–Crippen LogP) is 4.44. The number of halogens is 2. The molecule has 148 valence electrons. The summed E-state index contributed by atoms with van der Waals surface area (Å²) in [6.45, 7) is 0. The minimum absolute atomic E-state index is 0.0274. The number of hydrogen-bond donors (Lipinski definition) is 2. The number of carboxylic acid groups (broad SMARTS) is 1. The van der Waals surface area contributed by atoms with E-state index >= 15 is 0 Å². The zero-order chi connectivity index (χ0) is 20.8. The first kappa shape index (κ1) is 18.9. The van der Waals surface area contributed by atoms with Crippen LogP contribution in [0.3, 0.4) is 0 Å². The highest BCUT2D eigenvalue weighted by Gasteiger charge is 2.53. The average Bonchev–Trinajstić information content (AvgIpc) is 2.78. The normalized spacial score (nSPS) is 20.9. The second-order valence-electron chi connectivity index (χ2n) is 7.24. The van der Waals surface area contributed by atoms with Gasteiger partial charge in [-0.05, 0) is 42.5 Å². The molecular weight excluding hydrogens is 382 g/mol. The molecule has 0 atom stereocenters. The lowest BCUT2D eigenvalue weighted by Gasteiger charge is -2.34. The summed E-state index contributed by atoms with van der Waals surface area (Å²) >= 11 is 0. The van der Waals surface area contributed by atoms with E-state index in [2.05, 4.69) is 5.32 Å². The van der Waals surface area contributed by atoms with E-state index < -0.39 is 30.2 Å². The van der Waals surface area contributed by atoms with Crippen molar-refractivity contribution >= 4 is 23.1 Å². The summed E-state index contributed by atoms with van der Waals surface area (Å²) in [5.41, 5.74) is 1.30. The van der Waals surface area contributed by atoms with Crippen LogP contribution in [0.15, 0.2) is 36.4 Å². The number of carbonyl (C=O) groups excluding carboxylic acids is 1. The molecule has 2 aromatic carbocycles. The Hall–Kier alpha value is -3.47. The van der Waals surface area contributed by atoms with Crippen LogP contribution < -0.4 is 10.1 Å². The molecule has 6 nitrogen and oxygen atoms in total. The number of nitriles is 1. The summed E-state index contributed by atoms with van der Waals surface area (Å²) in [6, 6.07) is 11.2. The Morgan fingerprint density at radius 3 is 2.72 bits per heavy atom. The van der Waals surface area contributed by atoms with Crippen molar-refractivity contribution in [1.82, 2.24) is 0 Å². The summed E-state index contributed by atoms with van der Waals surface area (Å²) in [5, 5.41) is 21.1. The lowest BCUT2D eigenvalue weighted by atomic mass is 9.71. The summed E-state index contributed by atoms with van der Waals surface area (Å²) in [5.74, 6) is -2.71. The van der Waals surface area contributed by atoms with Crippen LogP contribution in [0.4, 0.5) is 20.2 Å². The molecular formula is C21H16F2N2O4. The van der Waals surface area contributed by atoms with Crippen LogP contribution in [0, 0.1) is 17.2 Å². The number of ether oxygens (including phenoxy) is 1. The predicted molar refractivity (Wildman–Crippen MR) is 98.5 cm³/mol. The van der Waals surface area contributed by atoms with Crippen molar-refractivity contribution in [3.63, 3.8) is 0 Å². The van der Waals surface area contributed by atoms with E-state index in [4.69, 9.17) is 9.84 Å². The highest BCUT2D eigenvalue weighted by Crippen LogP contribution is 2.55. The first-order valence-electron chi connectivity index (χ1n) is 9.04. The molecule has 0 aromatic heterocycles. The van der Waals surface area contributed by atoms with Gasteiger partial charge < -0.3 is 15.2 Å². The van der Waals surface area contributed by atoms with Crippen LogP contribution >= 0.6 is 0 Å². The number of benzene rings is 2. The Bertz CT molecular complexity index is 1060. The van der Waals surface area contributed by atoms with E-state index in [1.54, 1.807) is 18.2 Å². The molecule has 0 amide bonds. The van der Waals surface area contributed by atoms with Gasteiger partial charge >= 0.3 is 12.1 Å². The molecule has 5 rings (SSSR count). The van der Waals surface area contributed by atoms with Gasteiger partial charge in [0.05, 0.1) is 28.8 Å². The highest BCUT2D eigenvalue weighted by molar-refractivity contribution is 6.10. The van der Waals surface area contributed by atoms with E-state index in [-0.39, 0.29) is 28.5 Å². The maximum atomic E-state index is 14.1. The third kappa shape index (κ3) is 3.40.